The molecule has 14 heavy (non-hydrogen) atoms. The van der Waals surface area contributed by atoms with Crippen molar-refractivity contribution in [2.24, 2.45) is 0 Å². The topological polar surface area (TPSA) is 37.3 Å². The van der Waals surface area contributed by atoms with Crippen LogP contribution < -0.4 is 0 Å². The van der Waals surface area contributed by atoms with Gasteiger partial charge in [-0.25, -0.2) is 9.18 Å². The molecule has 0 saturated heterocycles. The lowest BCUT2D eigenvalue weighted by Crippen LogP contribution is -2.25. The van der Waals surface area contributed by atoms with Crippen LogP contribution in [0.25, 0.3) is 0 Å². The van der Waals surface area contributed by atoms with Gasteiger partial charge in [-0.2, -0.15) is 8.78 Å². The molecule has 0 aliphatic heterocycles. The monoisotopic (exact) mass is 224 g/mol. The van der Waals surface area contributed by atoms with Gasteiger partial charge in [-0.3, -0.25) is 0 Å². The number of hydrogen-bond donors (Lipinski definition) is 1. The van der Waals surface area contributed by atoms with E-state index in [9.17, 15) is 18.0 Å². The molecule has 0 atom stereocenters. The van der Waals surface area contributed by atoms with Gasteiger partial charge in [-0.15, -0.1) is 0 Å². The average Bonchev–Trinajstić information content (AvgIpc) is 2.09. The Morgan fingerprint density at radius 1 is 1.43 bits per heavy atom. The summed E-state index contributed by atoms with van der Waals surface area (Å²) in [6.45, 7) is 0. The van der Waals surface area contributed by atoms with E-state index in [-0.39, 0.29) is 0 Å². The summed E-state index contributed by atoms with van der Waals surface area (Å²) in [7, 11) is 0. The second-order valence-corrected chi connectivity index (χ2v) is 2.86. The molecule has 0 radical (unpaired) electrons. The smallest absolute Gasteiger partial charge is 0.379 e. The van der Waals surface area contributed by atoms with Crippen LogP contribution in [0.1, 0.15) is 5.56 Å². The molecule has 0 bridgehead atoms. The molecule has 0 aliphatic rings. The minimum atomic E-state index is -4.18. The Balaban J connectivity index is 3.33. The first-order chi connectivity index (χ1) is 6.37. The molecular weight excluding hydrogens is 221 g/mol. The van der Waals surface area contributed by atoms with E-state index in [0.717, 1.165) is 18.2 Å². The van der Waals surface area contributed by atoms with Gasteiger partial charge < -0.3 is 5.11 Å². The van der Waals surface area contributed by atoms with Crippen LogP contribution in [-0.2, 0) is 10.7 Å². The zero-order valence-corrected chi connectivity index (χ0v) is 7.36. The summed E-state index contributed by atoms with van der Waals surface area (Å²) in [5.41, 5.74) is -1.05. The number of rotatable bonds is 2. The molecule has 0 aliphatic carbocycles. The molecule has 0 amide bonds. The van der Waals surface area contributed by atoms with Crippen LogP contribution in [0.5, 0.6) is 0 Å². The summed E-state index contributed by atoms with van der Waals surface area (Å²) in [5, 5.41) is 7.30. The number of carboxylic acids is 1. The van der Waals surface area contributed by atoms with E-state index in [2.05, 4.69) is 0 Å². The highest BCUT2D eigenvalue weighted by molar-refractivity contribution is 6.31. The fourth-order valence-electron chi connectivity index (χ4n) is 0.861. The van der Waals surface area contributed by atoms with Gasteiger partial charge in [0.25, 0.3) is 0 Å². The molecule has 0 fully saturated rings. The van der Waals surface area contributed by atoms with E-state index in [1.165, 1.54) is 0 Å². The number of halogens is 4. The number of hydrogen-bond acceptors (Lipinski definition) is 1. The first kappa shape index (κ1) is 10.8. The van der Waals surface area contributed by atoms with Gasteiger partial charge >= 0.3 is 11.9 Å². The Morgan fingerprint density at radius 3 is 2.50 bits per heavy atom. The Morgan fingerprint density at radius 2 is 2.00 bits per heavy atom. The van der Waals surface area contributed by atoms with Gasteiger partial charge in [0.1, 0.15) is 5.82 Å². The maximum Gasteiger partial charge on any atom is 0.379 e. The Kier molecular flexibility index (Phi) is 2.71. The lowest BCUT2D eigenvalue weighted by atomic mass is 10.1. The predicted molar refractivity (Wildman–Crippen MR) is 42.9 cm³/mol. The minimum absolute atomic E-state index is 0.763. The first-order valence-electron chi connectivity index (χ1n) is 3.43. The van der Waals surface area contributed by atoms with Gasteiger partial charge in [0.2, 0.25) is 0 Å². The van der Waals surface area contributed by atoms with Crippen molar-refractivity contribution in [1.82, 2.24) is 0 Å². The SMILES string of the molecule is O=C(O)C(F)(F)c1cccc(F)c1Cl. The Hall–Kier alpha value is -1.23. The van der Waals surface area contributed by atoms with Gasteiger partial charge in [-0.05, 0) is 6.07 Å². The number of benzene rings is 1. The van der Waals surface area contributed by atoms with Gasteiger partial charge in [0, 0.05) is 0 Å². The van der Waals surface area contributed by atoms with Gasteiger partial charge in [0.05, 0.1) is 10.6 Å². The number of aliphatic carboxylic acids is 1. The molecular formula is C8H4ClF3O2. The van der Waals surface area contributed by atoms with Gasteiger partial charge in [0.15, 0.2) is 0 Å². The van der Waals surface area contributed by atoms with Crippen LogP contribution in [0, 0.1) is 5.82 Å². The lowest BCUT2D eigenvalue weighted by molar-refractivity contribution is -0.166. The molecule has 1 N–H and O–H groups in total. The van der Waals surface area contributed by atoms with Crippen molar-refractivity contribution in [2.75, 3.05) is 0 Å². The summed E-state index contributed by atoms with van der Waals surface area (Å²) in [5.74, 6) is -7.63. The van der Waals surface area contributed by atoms with Crippen LogP contribution in [0.4, 0.5) is 13.2 Å². The third kappa shape index (κ3) is 1.68. The molecule has 6 heteroatoms. The fourth-order valence-corrected chi connectivity index (χ4v) is 1.11. The average molecular weight is 225 g/mol. The van der Waals surface area contributed by atoms with Crippen molar-refractivity contribution in [3.05, 3.63) is 34.6 Å². The normalized spacial score (nSPS) is 11.4. The summed E-state index contributed by atoms with van der Waals surface area (Å²) in [6.07, 6.45) is 0. The van der Waals surface area contributed by atoms with Crippen molar-refractivity contribution >= 4 is 17.6 Å². The molecule has 0 saturated carbocycles. The molecule has 2 nitrogen and oxygen atoms in total. The first-order valence-corrected chi connectivity index (χ1v) is 3.81. The highest BCUT2D eigenvalue weighted by atomic mass is 35.5. The molecule has 0 unspecified atom stereocenters. The highest BCUT2D eigenvalue weighted by Gasteiger charge is 2.43. The van der Waals surface area contributed by atoms with Crippen molar-refractivity contribution in [3.63, 3.8) is 0 Å². The summed E-state index contributed by atoms with van der Waals surface area (Å²) < 4.78 is 38.5. The van der Waals surface area contributed by atoms with E-state index in [0.29, 0.717) is 0 Å². The Labute approximate surface area is 81.9 Å². The maximum atomic E-state index is 12.9. The second-order valence-electron chi connectivity index (χ2n) is 2.48. The Bertz CT molecular complexity index is 379. The lowest BCUT2D eigenvalue weighted by Gasteiger charge is -2.12. The number of carbonyl (C=O) groups is 1. The molecule has 1 aromatic rings. The van der Waals surface area contributed by atoms with Crippen LogP contribution in [0.3, 0.4) is 0 Å². The van der Waals surface area contributed by atoms with Crippen LogP contribution in [0.2, 0.25) is 5.02 Å². The quantitative estimate of drug-likeness (QED) is 0.839. The van der Waals surface area contributed by atoms with Crippen LogP contribution in [0.15, 0.2) is 18.2 Å². The second kappa shape index (κ2) is 3.49. The van der Waals surface area contributed by atoms with Crippen molar-refractivity contribution in [1.29, 1.82) is 0 Å². The van der Waals surface area contributed by atoms with Crippen molar-refractivity contribution in [2.45, 2.75) is 5.92 Å². The summed E-state index contributed by atoms with van der Waals surface area (Å²) in [6, 6.07) is 2.59. The predicted octanol–water partition coefficient (Wildman–Crippen LogP) is 2.66. The number of carboxylic acid groups (broad SMARTS) is 1. The molecule has 1 aromatic carbocycles. The fraction of sp³-hybridized carbons (Fsp3) is 0.125. The van der Waals surface area contributed by atoms with Crippen molar-refractivity contribution < 1.29 is 23.1 Å². The van der Waals surface area contributed by atoms with E-state index in [1.54, 1.807) is 0 Å². The largest absolute Gasteiger partial charge is 0.477 e. The third-order valence-corrected chi connectivity index (χ3v) is 1.94. The summed E-state index contributed by atoms with van der Waals surface area (Å²) in [4.78, 5) is 10.2. The minimum Gasteiger partial charge on any atom is -0.477 e. The standard InChI is InChI=1S/C8H4ClF3O2/c9-6-4(2-1-3-5(6)10)8(11,12)7(13)14/h1-3H,(H,13,14). The summed E-state index contributed by atoms with van der Waals surface area (Å²) >= 11 is 5.20. The molecule has 1 rings (SSSR count). The highest BCUT2D eigenvalue weighted by Crippen LogP contribution is 2.34. The molecule has 0 spiro atoms. The zero-order valence-electron chi connectivity index (χ0n) is 6.60. The van der Waals surface area contributed by atoms with Crippen molar-refractivity contribution in [3.8, 4) is 0 Å². The zero-order chi connectivity index (χ0) is 10.9. The number of alkyl halides is 2. The maximum absolute atomic E-state index is 12.9. The van der Waals surface area contributed by atoms with Crippen LogP contribution >= 0.6 is 11.6 Å². The molecule has 76 valence electrons. The van der Waals surface area contributed by atoms with E-state index >= 15 is 0 Å². The van der Waals surface area contributed by atoms with E-state index in [4.69, 9.17) is 16.7 Å². The molecule has 0 heterocycles. The van der Waals surface area contributed by atoms with E-state index in [1.807, 2.05) is 0 Å². The molecule has 0 aromatic heterocycles. The third-order valence-electron chi connectivity index (χ3n) is 1.56. The van der Waals surface area contributed by atoms with E-state index < -0.39 is 28.3 Å². The van der Waals surface area contributed by atoms with Crippen LogP contribution in [-0.4, -0.2) is 11.1 Å². The van der Waals surface area contributed by atoms with Gasteiger partial charge in [-0.1, -0.05) is 23.7 Å².